The molecule has 1 aromatic carbocycles. The summed E-state index contributed by atoms with van der Waals surface area (Å²) in [4.78, 5) is 15.3. The largest absolute Gasteiger partial charge is 0.497 e. The second-order valence-electron chi connectivity index (χ2n) is 4.38. The number of aromatic nitrogens is 1. The topological polar surface area (TPSA) is 71.5 Å². The van der Waals surface area contributed by atoms with Crippen molar-refractivity contribution in [1.82, 2.24) is 4.98 Å². The number of benzene rings is 1. The Labute approximate surface area is 131 Å². The number of hydrogen-bond acceptors (Lipinski definition) is 4. The molecule has 0 aliphatic rings. The van der Waals surface area contributed by atoms with Gasteiger partial charge in [-0.1, -0.05) is 12.1 Å². The Hall–Kier alpha value is -2.08. The van der Waals surface area contributed by atoms with Crippen LogP contribution in [0.1, 0.15) is 15.9 Å². The quantitative estimate of drug-likeness (QED) is 0.836. The predicted octanol–water partition coefficient (Wildman–Crippen LogP) is 3.21. The molecule has 21 heavy (non-hydrogen) atoms. The molecule has 2 N–H and O–H groups in total. The highest BCUT2D eigenvalue weighted by molar-refractivity contribution is 9.10. The highest BCUT2D eigenvalue weighted by atomic mass is 79.9. The molecule has 0 aliphatic carbocycles. The minimum Gasteiger partial charge on any atom is -0.497 e. The van der Waals surface area contributed by atoms with Gasteiger partial charge in [-0.25, -0.2) is 9.78 Å². The Kier molecular flexibility index (Phi) is 5.16. The van der Waals surface area contributed by atoms with Crippen LogP contribution in [-0.2, 0) is 6.42 Å². The van der Waals surface area contributed by atoms with E-state index in [9.17, 15) is 4.79 Å². The molecule has 0 bridgehead atoms. The van der Waals surface area contributed by atoms with Crippen LogP contribution in [0.3, 0.4) is 0 Å². The molecule has 0 saturated heterocycles. The van der Waals surface area contributed by atoms with Crippen LogP contribution in [0.5, 0.6) is 5.75 Å². The summed E-state index contributed by atoms with van der Waals surface area (Å²) >= 11 is 3.22. The Morgan fingerprint density at radius 2 is 2.10 bits per heavy atom. The Morgan fingerprint density at radius 3 is 2.71 bits per heavy atom. The minimum absolute atomic E-state index is 0.152. The van der Waals surface area contributed by atoms with Crippen molar-refractivity contribution in [2.24, 2.45) is 0 Å². The molecule has 6 heteroatoms. The van der Waals surface area contributed by atoms with E-state index < -0.39 is 5.97 Å². The number of carbonyl (C=O) groups is 1. The zero-order valence-corrected chi connectivity index (χ0v) is 13.1. The van der Waals surface area contributed by atoms with Gasteiger partial charge in [0.15, 0.2) is 0 Å². The van der Waals surface area contributed by atoms with Crippen molar-refractivity contribution in [3.8, 4) is 5.75 Å². The number of rotatable bonds is 6. The Balaban J connectivity index is 1.98. The van der Waals surface area contributed by atoms with E-state index in [4.69, 9.17) is 9.84 Å². The average molecular weight is 351 g/mol. The van der Waals surface area contributed by atoms with E-state index in [0.29, 0.717) is 16.8 Å². The van der Waals surface area contributed by atoms with E-state index in [1.165, 1.54) is 6.07 Å². The summed E-state index contributed by atoms with van der Waals surface area (Å²) in [6, 6.07) is 9.29. The number of aromatic carboxylic acids is 1. The summed E-state index contributed by atoms with van der Waals surface area (Å²) < 4.78 is 5.74. The molecule has 2 aromatic rings. The molecule has 0 spiro atoms. The molecular formula is C15H15BrN2O3. The zero-order valence-electron chi connectivity index (χ0n) is 11.5. The van der Waals surface area contributed by atoms with Gasteiger partial charge in [0.25, 0.3) is 0 Å². The van der Waals surface area contributed by atoms with Crippen molar-refractivity contribution in [3.63, 3.8) is 0 Å². The summed E-state index contributed by atoms with van der Waals surface area (Å²) in [5, 5.41) is 12.2. The lowest BCUT2D eigenvalue weighted by Crippen LogP contribution is -2.11. The number of carboxylic acids is 1. The lowest BCUT2D eigenvalue weighted by molar-refractivity contribution is 0.0697. The van der Waals surface area contributed by atoms with Crippen LogP contribution in [-0.4, -0.2) is 29.7 Å². The maximum Gasteiger partial charge on any atom is 0.339 e. The normalized spacial score (nSPS) is 10.2. The Bertz CT molecular complexity index is 629. The van der Waals surface area contributed by atoms with Gasteiger partial charge in [0, 0.05) is 17.2 Å². The number of pyridine rings is 1. The van der Waals surface area contributed by atoms with Crippen molar-refractivity contribution in [1.29, 1.82) is 0 Å². The lowest BCUT2D eigenvalue weighted by Gasteiger charge is -2.09. The van der Waals surface area contributed by atoms with Crippen LogP contribution >= 0.6 is 15.9 Å². The average Bonchev–Trinajstić information content (AvgIpc) is 2.49. The van der Waals surface area contributed by atoms with Gasteiger partial charge >= 0.3 is 5.97 Å². The number of ether oxygens (including phenoxy) is 1. The molecule has 0 atom stereocenters. The molecule has 110 valence electrons. The molecule has 0 aliphatic heterocycles. The van der Waals surface area contributed by atoms with Crippen molar-refractivity contribution in [3.05, 3.63) is 52.1 Å². The van der Waals surface area contributed by atoms with Crippen LogP contribution in [0.15, 0.2) is 41.0 Å². The second kappa shape index (κ2) is 7.08. The van der Waals surface area contributed by atoms with E-state index in [1.54, 1.807) is 13.3 Å². The van der Waals surface area contributed by atoms with Gasteiger partial charge in [0.05, 0.1) is 7.11 Å². The van der Waals surface area contributed by atoms with Gasteiger partial charge < -0.3 is 15.2 Å². The van der Waals surface area contributed by atoms with Crippen molar-refractivity contribution < 1.29 is 14.6 Å². The second-order valence-corrected chi connectivity index (χ2v) is 5.30. The molecule has 0 saturated carbocycles. The third kappa shape index (κ3) is 4.19. The van der Waals surface area contributed by atoms with E-state index >= 15 is 0 Å². The fourth-order valence-corrected chi connectivity index (χ4v) is 2.19. The summed E-state index contributed by atoms with van der Waals surface area (Å²) in [7, 11) is 1.63. The fraction of sp³-hybridized carbons (Fsp3) is 0.200. The first-order valence-electron chi connectivity index (χ1n) is 6.36. The minimum atomic E-state index is -1.00. The van der Waals surface area contributed by atoms with Crippen LogP contribution in [0.4, 0.5) is 5.82 Å². The summed E-state index contributed by atoms with van der Waals surface area (Å²) in [5.74, 6) is 0.185. The number of hydrogen-bond donors (Lipinski definition) is 2. The van der Waals surface area contributed by atoms with Gasteiger partial charge in [-0.2, -0.15) is 0 Å². The maximum absolute atomic E-state index is 11.2. The maximum atomic E-state index is 11.2. The van der Waals surface area contributed by atoms with Crippen molar-refractivity contribution in [2.45, 2.75) is 6.42 Å². The van der Waals surface area contributed by atoms with Crippen LogP contribution in [0, 0.1) is 0 Å². The number of nitrogens with one attached hydrogen (secondary N) is 1. The molecule has 0 fully saturated rings. The molecular weight excluding hydrogens is 336 g/mol. The highest BCUT2D eigenvalue weighted by Crippen LogP contribution is 2.18. The molecule has 2 rings (SSSR count). The molecule has 0 unspecified atom stereocenters. The summed E-state index contributed by atoms with van der Waals surface area (Å²) in [6.07, 6.45) is 2.34. The standard InChI is InChI=1S/C15H15BrN2O3/c1-21-12-4-2-10(3-5-12)6-7-17-14-13(15(19)20)8-11(16)9-18-14/h2-5,8-9H,6-7H2,1H3,(H,17,18)(H,19,20). The van der Waals surface area contributed by atoms with Gasteiger partial charge in [-0.3, -0.25) is 0 Å². The van der Waals surface area contributed by atoms with Gasteiger partial charge in [-0.15, -0.1) is 0 Å². The predicted molar refractivity (Wildman–Crippen MR) is 84.1 cm³/mol. The first-order chi connectivity index (χ1) is 10.1. The van der Waals surface area contributed by atoms with Gasteiger partial charge in [0.2, 0.25) is 0 Å². The number of methoxy groups -OCH3 is 1. The summed E-state index contributed by atoms with van der Waals surface area (Å²) in [5.41, 5.74) is 1.29. The molecule has 0 radical (unpaired) electrons. The van der Waals surface area contributed by atoms with E-state index in [0.717, 1.165) is 17.7 Å². The highest BCUT2D eigenvalue weighted by Gasteiger charge is 2.11. The van der Waals surface area contributed by atoms with Gasteiger partial charge in [0.1, 0.15) is 17.1 Å². The van der Waals surface area contributed by atoms with Crippen LogP contribution in [0.2, 0.25) is 0 Å². The zero-order chi connectivity index (χ0) is 15.2. The Morgan fingerprint density at radius 1 is 1.38 bits per heavy atom. The number of halogens is 1. The van der Waals surface area contributed by atoms with Crippen LogP contribution < -0.4 is 10.1 Å². The first kappa shape index (κ1) is 15.3. The fourth-order valence-electron chi connectivity index (χ4n) is 1.86. The van der Waals surface area contributed by atoms with Crippen molar-refractivity contribution >= 4 is 27.7 Å². The number of carboxylic acid groups (broad SMARTS) is 1. The third-order valence-electron chi connectivity index (χ3n) is 2.95. The van der Waals surface area contributed by atoms with E-state index in [2.05, 4.69) is 26.2 Å². The van der Waals surface area contributed by atoms with Crippen LogP contribution in [0.25, 0.3) is 0 Å². The summed E-state index contributed by atoms with van der Waals surface area (Å²) in [6.45, 7) is 0.598. The first-order valence-corrected chi connectivity index (χ1v) is 7.15. The van der Waals surface area contributed by atoms with E-state index in [1.807, 2.05) is 24.3 Å². The monoisotopic (exact) mass is 350 g/mol. The van der Waals surface area contributed by atoms with Gasteiger partial charge in [-0.05, 0) is 46.1 Å². The SMILES string of the molecule is COc1ccc(CCNc2ncc(Br)cc2C(=O)O)cc1. The molecule has 0 amide bonds. The smallest absolute Gasteiger partial charge is 0.339 e. The number of anilines is 1. The third-order valence-corrected chi connectivity index (χ3v) is 3.38. The molecule has 1 aromatic heterocycles. The lowest BCUT2D eigenvalue weighted by atomic mass is 10.1. The van der Waals surface area contributed by atoms with Crippen molar-refractivity contribution in [2.75, 3.05) is 19.0 Å². The van der Waals surface area contributed by atoms with E-state index in [-0.39, 0.29) is 5.56 Å². The molecule has 5 nitrogen and oxygen atoms in total. The number of nitrogens with zero attached hydrogens (tertiary/aromatic N) is 1. The molecule has 1 heterocycles.